The number of likely N-dealkylation sites (tertiary alicyclic amines) is 1. The molecule has 2 fully saturated rings. The minimum absolute atomic E-state index is 0.125. The Balaban J connectivity index is 1.69. The van der Waals surface area contributed by atoms with Crippen molar-refractivity contribution in [2.75, 3.05) is 20.2 Å². The lowest BCUT2D eigenvalue weighted by Gasteiger charge is -2.35. The fraction of sp³-hybridized carbons (Fsp3) is 0.643. The van der Waals surface area contributed by atoms with Gasteiger partial charge >= 0.3 is 0 Å². The highest BCUT2D eigenvalue weighted by molar-refractivity contribution is 5.17. The Hall–Kier alpha value is -1.33. The van der Waals surface area contributed by atoms with Gasteiger partial charge in [-0.2, -0.15) is 0 Å². The summed E-state index contributed by atoms with van der Waals surface area (Å²) in [6, 6.07) is 1.88. The van der Waals surface area contributed by atoms with E-state index in [4.69, 9.17) is 14.9 Å². The fourth-order valence-electron chi connectivity index (χ4n) is 3.38. The van der Waals surface area contributed by atoms with Crippen LogP contribution in [0.4, 0.5) is 0 Å². The molecule has 5 heteroatoms. The Morgan fingerprint density at radius 3 is 2.68 bits per heavy atom. The quantitative estimate of drug-likeness (QED) is 0.875. The molecule has 1 aromatic heterocycles. The second kappa shape index (κ2) is 4.98. The van der Waals surface area contributed by atoms with E-state index in [2.05, 4.69) is 4.90 Å². The molecule has 1 aliphatic carbocycles. The molecule has 2 bridgehead atoms. The number of fused-ring (bicyclic) bond motifs is 2. The molecule has 0 aromatic carbocycles. The van der Waals surface area contributed by atoms with Crippen molar-refractivity contribution < 1.29 is 9.15 Å². The molecule has 2 N–H and O–H groups in total. The van der Waals surface area contributed by atoms with Crippen LogP contribution in [-0.2, 0) is 6.54 Å². The number of ether oxygens (including phenoxy) is 1. The smallest absolute Gasteiger partial charge is 0.227 e. The van der Waals surface area contributed by atoms with Gasteiger partial charge in [0.2, 0.25) is 11.2 Å². The first-order chi connectivity index (χ1) is 9.17. The third-order valence-electron chi connectivity index (χ3n) is 4.43. The Morgan fingerprint density at radius 2 is 2.11 bits per heavy atom. The molecule has 0 amide bonds. The highest BCUT2D eigenvalue weighted by Gasteiger charge is 2.39. The third kappa shape index (κ3) is 2.40. The Bertz CT molecular complexity index is 500. The van der Waals surface area contributed by atoms with Crippen LogP contribution in [0, 0.1) is 11.8 Å². The lowest BCUT2D eigenvalue weighted by atomic mass is 9.93. The number of piperidine rings is 1. The topological polar surface area (TPSA) is 68.7 Å². The van der Waals surface area contributed by atoms with E-state index in [0.29, 0.717) is 30.2 Å². The van der Waals surface area contributed by atoms with Crippen LogP contribution in [-0.4, -0.2) is 31.1 Å². The van der Waals surface area contributed by atoms with Crippen LogP contribution in [0.5, 0.6) is 5.75 Å². The maximum absolute atomic E-state index is 11.7. The Kier molecular flexibility index (Phi) is 3.33. The van der Waals surface area contributed by atoms with E-state index in [1.165, 1.54) is 32.3 Å². The summed E-state index contributed by atoms with van der Waals surface area (Å²) in [5, 5.41) is 0. The third-order valence-corrected chi connectivity index (χ3v) is 4.43. The van der Waals surface area contributed by atoms with E-state index in [-0.39, 0.29) is 11.2 Å². The average Bonchev–Trinajstić information content (AvgIpc) is 2.63. The van der Waals surface area contributed by atoms with Gasteiger partial charge in [-0.3, -0.25) is 9.69 Å². The molecular weight excluding hydrogens is 244 g/mol. The van der Waals surface area contributed by atoms with Crippen LogP contribution in [0.1, 0.15) is 18.6 Å². The molecule has 1 unspecified atom stereocenters. The number of nitrogens with zero attached hydrogens (tertiary/aromatic N) is 1. The van der Waals surface area contributed by atoms with Crippen molar-refractivity contribution in [3.63, 3.8) is 0 Å². The molecule has 1 saturated carbocycles. The summed E-state index contributed by atoms with van der Waals surface area (Å²) in [6.45, 7) is 2.69. The number of hydrogen-bond donors (Lipinski definition) is 1. The van der Waals surface area contributed by atoms with E-state index in [1.807, 2.05) is 0 Å². The number of nitrogens with two attached hydrogens (primary N) is 1. The van der Waals surface area contributed by atoms with E-state index in [9.17, 15) is 4.79 Å². The largest absolute Gasteiger partial charge is 0.490 e. The molecule has 2 aliphatic rings. The van der Waals surface area contributed by atoms with Crippen LogP contribution < -0.4 is 15.9 Å². The molecule has 19 heavy (non-hydrogen) atoms. The molecule has 5 nitrogen and oxygen atoms in total. The summed E-state index contributed by atoms with van der Waals surface area (Å²) in [5.41, 5.74) is 6.06. The standard InChI is InChI=1S/C14H20N2O3/c1-18-13-8-19-11(4-12(13)17)7-16-5-9-2-3-10(6-16)14(9)15/h4,8-10,14H,2-3,5-7,15H2,1H3/t9-,10+,14?. The van der Waals surface area contributed by atoms with Gasteiger partial charge in [0.25, 0.3) is 0 Å². The number of methoxy groups -OCH3 is 1. The van der Waals surface area contributed by atoms with Crippen LogP contribution in [0.25, 0.3) is 0 Å². The van der Waals surface area contributed by atoms with Crippen LogP contribution in [0.15, 0.2) is 21.5 Å². The van der Waals surface area contributed by atoms with Gasteiger partial charge in [0.1, 0.15) is 12.0 Å². The zero-order valence-corrected chi connectivity index (χ0v) is 11.2. The molecule has 1 aromatic rings. The van der Waals surface area contributed by atoms with Crippen molar-refractivity contribution in [2.24, 2.45) is 17.6 Å². The Morgan fingerprint density at radius 1 is 1.42 bits per heavy atom. The highest BCUT2D eigenvalue weighted by atomic mass is 16.5. The zero-order chi connectivity index (χ0) is 13.4. The second-order valence-electron chi connectivity index (χ2n) is 5.65. The lowest BCUT2D eigenvalue weighted by molar-refractivity contribution is 0.131. The van der Waals surface area contributed by atoms with Crippen molar-refractivity contribution >= 4 is 0 Å². The van der Waals surface area contributed by atoms with Crippen molar-refractivity contribution in [2.45, 2.75) is 25.4 Å². The normalized spacial score (nSPS) is 30.5. The van der Waals surface area contributed by atoms with Crippen molar-refractivity contribution in [3.8, 4) is 5.75 Å². The number of hydrogen-bond acceptors (Lipinski definition) is 5. The predicted molar refractivity (Wildman–Crippen MR) is 71.0 cm³/mol. The summed E-state index contributed by atoms with van der Waals surface area (Å²) in [4.78, 5) is 14.0. The van der Waals surface area contributed by atoms with Gasteiger partial charge in [0, 0.05) is 25.2 Å². The molecule has 3 rings (SSSR count). The lowest BCUT2D eigenvalue weighted by Crippen LogP contribution is -2.48. The van der Waals surface area contributed by atoms with Crippen molar-refractivity contribution in [3.05, 3.63) is 28.3 Å². The molecule has 1 aliphatic heterocycles. The highest BCUT2D eigenvalue weighted by Crippen LogP contribution is 2.35. The monoisotopic (exact) mass is 264 g/mol. The molecule has 3 atom stereocenters. The summed E-state index contributed by atoms with van der Waals surface area (Å²) in [7, 11) is 1.47. The van der Waals surface area contributed by atoms with Gasteiger partial charge in [0.05, 0.1) is 13.7 Å². The first-order valence-electron chi connectivity index (χ1n) is 6.81. The van der Waals surface area contributed by atoms with Gasteiger partial charge in [-0.1, -0.05) is 0 Å². The molecule has 1 saturated heterocycles. The minimum Gasteiger partial charge on any atom is -0.490 e. The van der Waals surface area contributed by atoms with Gasteiger partial charge in [-0.05, 0) is 24.7 Å². The molecule has 0 radical (unpaired) electrons. The first kappa shape index (κ1) is 12.7. The van der Waals surface area contributed by atoms with E-state index in [1.54, 1.807) is 0 Å². The van der Waals surface area contributed by atoms with E-state index >= 15 is 0 Å². The Labute approximate surface area is 112 Å². The van der Waals surface area contributed by atoms with Gasteiger partial charge < -0.3 is 14.9 Å². The predicted octanol–water partition coefficient (Wildman–Crippen LogP) is 0.817. The summed E-state index contributed by atoms with van der Waals surface area (Å²) in [6.07, 6.45) is 3.85. The first-order valence-corrected chi connectivity index (χ1v) is 6.81. The fourth-order valence-corrected chi connectivity index (χ4v) is 3.38. The van der Waals surface area contributed by atoms with Gasteiger partial charge in [0.15, 0.2) is 0 Å². The second-order valence-corrected chi connectivity index (χ2v) is 5.65. The summed E-state index contributed by atoms with van der Waals surface area (Å²) >= 11 is 0. The molecule has 0 spiro atoms. The van der Waals surface area contributed by atoms with Gasteiger partial charge in [-0.25, -0.2) is 0 Å². The van der Waals surface area contributed by atoms with Crippen molar-refractivity contribution in [1.29, 1.82) is 0 Å². The molecule has 104 valence electrons. The number of rotatable bonds is 3. The van der Waals surface area contributed by atoms with Crippen molar-refractivity contribution in [1.82, 2.24) is 4.90 Å². The van der Waals surface area contributed by atoms with E-state index < -0.39 is 0 Å². The van der Waals surface area contributed by atoms with Crippen LogP contribution in [0.2, 0.25) is 0 Å². The minimum atomic E-state index is -0.125. The maximum atomic E-state index is 11.7. The zero-order valence-electron chi connectivity index (χ0n) is 11.2. The van der Waals surface area contributed by atoms with E-state index in [0.717, 1.165) is 13.1 Å². The van der Waals surface area contributed by atoms with Gasteiger partial charge in [-0.15, -0.1) is 0 Å². The summed E-state index contributed by atoms with van der Waals surface area (Å²) in [5.74, 6) is 2.15. The molecule has 2 heterocycles. The maximum Gasteiger partial charge on any atom is 0.227 e. The van der Waals surface area contributed by atoms with Crippen LogP contribution in [0.3, 0.4) is 0 Å². The SMILES string of the molecule is COc1coc(CN2C[C@H]3CC[C@@H](C2)C3N)cc1=O. The molecular formula is C14H20N2O3. The summed E-state index contributed by atoms with van der Waals surface area (Å²) < 4.78 is 10.4. The average molecular weight is 264 g/mol. The van der Waals surface area contributed by atoms with Crippen LogP contribution >= 0.6 is 0 Å².